The van der Waals surface area contributed by atoms with Crippen molar-refractivity contribution < 1.29 is 8.78 Å². The molecule has 0 radical (unpaired) electrons. The second-order valence-electron chi connectivity index (χ2n) is 3.40. The van der Waals surface area contributed by atoms with Gasteiger partial charge in [-0.1, -0.05) is 6.42 Å². The van der Waals surface area contributed by atoms with Gasteiger partial charge in [-0.2, -0.15) is 0 Å². The minimum absolute atomic E-state index is 0.228. The van der Waals surface area contributed by atoms with Crippen molar-refractivity contribution in [3.05, 3.63) is 0 Å². The van der Waals surface area contributed by atoms with Crippen LogP contribution < -0.4 is 5.73 Å². The Morgan fingerprint density at radius 1 is 1.30 bits per heavy atom. The van der Waals surface area contributed by atoms with E-state index in [2.05, 4.69) is 0 Å². The van der Waals surface area contributed by atoms with Crippen LogP contribution in [-0.4, -0.2) is 12.0 Å². The quantitative estimate of drug-likeness (QED) is 0.550. The molecule has 1 nitrogen and oxygen atoms in total. The smallest absolute Gasteiger partial charge is 0.256 e. The molecule has 58 valence electrons. The Bertz CT molecular complexity index is 158. The Hall–Kier alpha value is -0.180. The molecule has 2 aliphatic carbocycles. The van der Waals surface area contributed by atoms with E-state index >= 15 is 0 Å². The van der Waals surface area contributed by atoms with E-state index in [0.717, 1.165) is 12.8 Å². The molecule has 3 atom stereocenters. The van der Waals surface area contributed by atoms with Crippen molar-refractivity contribution in [2.75, 3.05) is 0 Å². The van der Waals surface area contributed by atoms with E-state index in [1.807, 2.05) is 0 Å². The minimum Gasteiger partial charge on any atom is -0.327 e. The fourth-order valence-electron chi connectivity index (χ4n) is 2.13. The second-order valence-corrected chi connectivity index (χ2v) is 3.40. The van der Waals surface area contributed by atoms with Crippen molar-refractivity contribution in [3.8, 4) is 0 Å². The van der Waals surface area contributed by atoms with Gasteiger partial charge in [0.25, 0.3) is 5.92 Å². The van der Waals surface area contributed by atoms with Gasteiger partial charge in [0.05, 0.1) is 0 Å². The van der Waals surface area contributed by atoms with Crippen LogP contribution in [0.15, 0.2) is 0 Å². The monoisotopic (exact) mass is 147 g/mol. The summed E-state index contributed by atoms with van der Waals surface area (Å²) in [7, 11) is 0. The highest BCUT2D eigenvalue weighted by Crippen LogP contribution is 2.61. The van der Waals surface area contributed by atoms with Crippen LogP contribution in [0.3, 0.4) is 0 Å². The molecule has 0 saturated heterocycles. The molecular formula is C7H11F2N. The minimum atomic E-state index is -2.41. The van der Waals surface area contributed by atoms with E-state index in [1.54, 1.807) is 0 Å². The number of alkyl halides is 2. The van der Waals surface area contributed by atoms with E-state index in [9.17, 15) is 8.78 Å². The lowest BCUT2D eigenvalue weighted by Crippen LogP contribution is -2.27. The number of rotatable bonds is 0. The van der Waals surface area contributed by atoms with Gasteiger partial charge in [0, 0.05) is 17.9 Å². The normalized spacial score (nSPS) is 50.1. The van der Waals surface area contributed by atoms with Gasteiger partial charge in [-0.3, -0.25) is 0 Å². The third-order valence-corrected chi connectivity index (χ3v) is 2.78. The summed E-state index contributed by atoms with van der Waals surface area (Å²) in [6.07, 6.45) is 2.36. The maximum atomic E-state index is 12.7. The lowest BCUT2D eigenvalue weighted by Gasteiger charge is -2.13. The lowest BCUT2D eigenvalue weighted by molar-refractivity contribution is 0.0828. The molecule has 0 heterocycles. The van der Waals surface area contributed by atoms with Crippen molar-refractivity contribution in [2.24, 2.45) is 17.6 Å². The molecular weight excluding hydrogens is 136 g/mol. The summed E-state index contributed by atoms with van der Waals surface area (Å²) in [5, 5.41) is 0. The molecule has 3 heteroatoms. The molecule has 0 bridgehead atoms. The van der Waals surface area contributed by atoms with Gasteiger partial charge in [0.15, 0.2) is 0 Å². The number of hydrogen-bond donors (Lipinski definition) is 1. The molecule has 0 aromatic rings. The largest absolute Gasteiger partial charge is 0.327 e. The van der Waals surface area contributed by atoms with E-state index in [0.29, 0.717) is 6.42 Å². The third kappa shape index (κ3) is 0.641. The first-order valence-electron chi connectivity index (χ1n) is 3.77. The summed E-state index contributed by atoms with van der Waals surface area (Å²) in [6, 6.07) is -0.228. The SMILES string of the molecule is N[C@@H]1CCC[C@@H]2[C@@H]1C2(F)F. The highest BCUT2D eigenvalue weighted by Gasteiger charge is 2.70. The maximum absolute atomic E-state index is 12.7. The zero-order valence-electron chi connectivity index (χ0n) is 5.69. The predicted octanol–water partition coefficient (Wildman–Crippen LogP) is 1.38. The molecule has 0 aromatic carbocycles. The molecule has 0 spiro atoms. The molecule has 2 saturated carbocycles. The first kappa shape index (κ1) is 6.53. The number of hydrogen-bond acceptors (Lipinski definition) is 1. The van der Waals surface area contributed by atoms with Crippen molar-refractivity contribution in [3.63, 3.8) is 0 Å². The average molecular weight is 147 g/mol. The molecule has 0 aliphatic heterocycles. The van der Waals surface area contributed by atoms with Crippen LogP contribution in [0, 0.1) is 11.8 Å². The van der Waals surface area contributed by atoms with E-state index in [4.69, 9.17) is 5.73 Å². The molecule has 2 aliphatic rings. The summed E-state index contributed by atoms with van der Waals surface area (Å²) < 4.78 is 25.3. The number of fused-ring (bicyclic) bond motifs is 1. The summed E-state index contributed by atoms with van der Waals surface area (Å²) in [5.41, 5.74) is 5.52. The first-order valence-corrected chi connectivity index (χ1v) is 3.77. The summed E-state index contributed by atoms with van der Waals surface area (Å²) in [4.78, 5) is 0. The Morgan fingerprint density at radius 3 is 2.50 bits per heavy atom. The van der Waals surface area contributed by atoms with Gasteiger partial charge < -0.3 is 5.73 Å². The van der Waals surface area contributed by atoms with Crippen LogP contribution in [0.25, 0.3) is 0 Å². The lowest BCUT2D eigenvalue weighted by atomic mass is 9.96. The second kappa shape index (κ2) is 1.70. The first-order chi connectivity index (χ1) is 4.64. The van der Waals surface area contributed by atoms with Crippen LogP contribution in [0.2, 0.25) is 0 Å². The van der Waals surface area contributed by atoms with Crippen molar-refractivity contribution in [1.29, 1.82) is 0 Å². The van der Waals surface area contributed by atoms with Crippen molar-refractivity contribution >= 4 is 0 Å². The highest BCUT2D eigenvalue weighted by molar-refractivity contribution is 5.11. The summed E-state index contributed by atoms with van der Waals surface area (Å²) >= 11 is 0. The Morgan fingerprint density at radius 2 is 2.00 bits per heavy atom. The zero-order chi connectivity index (χ0) is 7.35. The van der Waals surface area contributed by atoms with E-state index in [-0.39, 0.29) is 12.0 Å². The van der Waals surface area contributed by atoms with Gasteiger partial charge in [0.2, 0.25) is 0 Å². The predicted molar refractivity (Wildman–Crippen MR) is 33.8 cm³/mol. The number of nitrogens with two attached hydrogens (primary N) is 1. The Balaban J connectivity index is 2.11. The maximum Gasteiger partial charge on any atom is 0.256 e. The molecule has 0 aromatic heterocycles. The Labute approximate surface area is 58.6 Å². The summed E-state index contributed by atoms with van der Waals surface area (Å²) in [6.45, 7) is 0. The molecule has 2 fully saturated rings. The highest BCUT2D eigenvalue weighted by atomic mass is 19.3. The van der Waals surface area contributed by atoms with Crippen molar-refractivity contribution in [2.45, 2.75) is 31.2 Å². The third-order valence-electron chi connectivity index (χ3n) is 2.78. The van der Waals surface area contributed by atoms with Gasteiger partial charge in [0.1, 0.15) is 0 Å². The Kier molecular flexibility index (Phi) is 1.11. The standard InChI is InChI=1S/C7H11F2N/c8-7(9)4-2-1-3-5(10)6(4)7/h4-6H,1-3,10H2/t4-,5-,6+/m1/s1. The van der Waals surface area contributed by atoms with Crippen LogP contribution in [-0.2, 0) is 0 Å². The molecule has 0 unspecified atom stereocenters. The van der Waals surface area contributed by atoms with E-state index < -0.39 is 11.8 Å². The van der Waals surface area contributed by atoms with Gasteiger partial charge in [-0.15, -0.1) is 0 Å². The molecule has 2 N–H and O–H groups in total. The average Bonchev–Trinajstić information content (AvgIpc) is 2.38. The molecule has 10 heavy (non-hydrogen) atoms. The van der Waals surface area contributed by atoms with Crippen molar-refractivity contribution in [1.82, 2.24) is 0 Å². The fraction of sp³-hybridized carbons (Fsp3) is 1.00. The zero-order valence-corrected chi connectivity index (χ0v) is 5.69. The molecule has 0 amide bonds. The van der Waals surface area contributed by atoms with Crippen LogP contribution in [0.1, 0.15) is 19.3 Å². The number of halogens is 2. The van der Waals surface area contributed by atoms with Gasteiger partial charge >= 0.3 is 0 Å². The topological polar surface area (TPSA) is 26.0 Å². The van der Waals surface area contributed by atoms with Crippen LogP contribution in [0.4, 0.5) is 8.78 Å². The summed E-state index contributed by atoms with van der Waals surface area (Å²) in [5.74, 6) is -3.24. The van der Waals surface area contributed by atoms with Gasteiger partial charge in [-0.05, 0) is 12.8 Å². The fourth-order valence-corrected chi connectivity index (χ4v) is 2.13. The van der Waals surface area contributed by atoms with Gasteiger partial charge in [-0.25, -0.2) is 8.78 Å². The van der Waals surface area contributed by atoms with Crippen LogP contribution >= 0.6 is 0 Å². The van der Waals surface area contributed by atoms with Crippen LogP contribution in [0.5, 0.6) is 0 Å². The molecule has 2 rings (SSSR count). The van der Waals surface area contributed by atoms with E-state index in [1.165, 1.54) is 0 Å².